The monoisotopic (exact) mass is 424 g/mol. The van der Waals surface area contributed by atoms with E-state index < -0.39 is 5.60 Å². The maximum atomic E-state index is 13.3. The molecule has 0 heterocycles. The van der Waals surface area contributed by atoms with Gasteiger partial charge < -0.3 is 4.74 Å². The zero-order chi connectivity index (χ0) is 22.1. The second-order valence-corrected chi connectivity index (χ2v) is 9.77. The molecule has 1 fully saturated rings. The number of benzene rings is 2. The summed E-state index contributed by atoms with van der Waals surface area (Å²) in [5, 5.41) is 0. The van der Waals surface area contributed by atoms with Crippen molar-refractivity contribution in [2.45, 2.75) is 70.3 Å². The second kappa shape index (κ2) is 8.97. The summed E-state index contributed by atoms with van der Waals surface area (Å²) in [6.45, 7) is 9.20. The number of ether oxygens (including phenoxy) is 1. The molecule has 1 aliphatic carbocycles. The molecule has 2 atom stereocenters. The van der Waals surface area contributed by atoms with Gasteiger partial charge in [-0.05, 0) is 88.5 Å². The molecule has 0 saturated heterocycles. The third kappa shape index (κ3) is 4.64. The highest BCUT2D eigenvalue weighted by atomic mass is 32.2. The third-order valence-electron chi connectivity index (χ3n) is 6.34. The predicted molar refractivity (Wildman–Crippen MR) is 124 cm³/mol. The van der Waals surface area contributed by atoms with Gasteiger partial charge in [-0.2, -0.15) is 0 Å². The van der Waals surface area contributed by atoms with Gasteiger partial charge in [0.2, 0.25) is 0 Å². The minimum atomic E-state index is -0.855. The molecule has 0 aliphatic heterocycles. The molecule has 160 valence electrons. The minimum Gasteiger partial charge on any atom is -0.480 e. The molecule has 0 unspecified atom stereocenters. The van der Waals surface area contributed by atoms with Gasteiger partial charge in [0.1, 0.15) is 5.75 Å². The highest BCUT2D eigenvalue weighted by Crippen LogP contribution is 2.43. The van der Waals surface area contributed by atoms with Gasteiger partial charge in [-0.1, -0.05) is 30.7 Å². The molecule has 3 rings (SSSR count). The van der Waals surface area contributed by atoms with Gasteiger partial charge in [-0.25, -0.2) is 0 Å². The molecule has 0 aromatic heterocycles. The van der Waals surface area contributed by atoms with E-state index in [-0.39, 0.29) is 23.4 Å². The molecule has 3 nitrogen and oxygen atoms in total. The van der Waals surface area contributed by atoms with Crippen molar-refractivity contribution in [3.8, 4) is 5.75 Å². The molecule has 0 radical (unpaired) electrons. The average Bonchev–Trinajstić information content (AvgIpc) is 3.20. The van der Waals surface area contributed by atoms with E-state index in [4.69, 9.17) is 4.74 Å². The van der Waals surface area contributed by atoms with E-state index in [1.54, 1.807) is 32.5 Å². The Morgan fingerprint density at radius 1 is 1.03 bits per heavy atom. The zero-order valence-corrected chi connectivity index (χ0v) is 19.7. The molecule has 2 aromatic carbocycles. The number of hydrogen-bond donors (Lipinski definition) is 0. The lowest BCUT2D eigenvalue weighted by Crippen LogP contribution is -2.36. The number of thioether (sulfide) groups is 1. The van der Waals surface area contributed by atoms with E-state index in [2.05, 4.69) is 12.1 Å². The van der Waals surface area contributed by atoms with Crippen molar-refractivity contribution in [1.29, 1.82) is 0 Å². The first-order valence-electron chi connectivity index (χ1n) is 10.6. The van der Waals surface area contributed by atoms with E-state index in [0.717, 1.165) is 41.7 Å². The standard InChI is InChI=1S/C26H32O3S/c1-16-14-20(15-17(2)25(16)29-26(4,5)18(3)27)22-8-7-9-23(22)24(28)19-10-12-21(30-6)13-11-19/h10-15,22-23H,7-9H2,1-6H3/t22-,23+/m1/s1. The molecular formula is C26H32O3S. The Labute approximate surface area is 184 Å². The van der Waals surface area contributed by atoms with E-state index in [9.17, 15) is 9.59 Å². The van der Waals surface area contributed by atoms with Gasteiger partial charge >= 0.3 is 0 Å². The summed E-state index contributed by atoms with van der Waals surface area (Å²) in [5.74, 6) is 1.26. The van der Waals surface area contributed by atoms with Crippen LogP contribution in [0.1, 0.15) is 73.0 Å². The summed E-state index contributed by atoms with van der Waals surface area (Å²) < 4.78 is 6.09. The number of aryl methyl sites for hydroxylation is 2. The van der Waals surface area contributed by atoms with Crippen molar-refractivity contribution >= 4 is 23.3 Å². The second-order valence-electron chi connectivity index (χ2n) is 8.89. The molecule has 0 amide bonds. The number of ketones is 2. The average molecular weight is 425 g/mol. The number of rotatable bonds is 7. The van der Waals surface area contributed by atoms with Gasteiger partial charge in [-0.3, -0.25) is 9.59 Å². The molecule has 0 bridgehead atoms. The minimum absolute atomic E-state index is 0.000628. The van der Waals surface area contributed by atoms with Crippen LogP contribution < -0.4 is 4.74 Å². The van der Waals surface area contributed by atoms with E-state index in [1.165, 1.54) is 10.5 Å². The first-order chi connectivity index (χ1) is 14.1. The molecule has 30 heavy (non-hydrogen) atoms. The molecule has 0 spiro atoms. The Bertz CT molecular complexity index is 920. The summed E-state index contributed by atoms with van der Waals surface area (Å²) in [5.41, 5.74) is 3.19. The lowest BCUT2D eigenvalue weighted by molar-refractivity contribution is -0.129. The summed E-state index contributed by atoms with van der Waals surface area (Å²) >= 11 is 1.68. The third-order valence-corrected chi connectivity index (χ3v) is 7.09. The normalized spacial score (nSPS) is 19.0. The largest absolute Gasteiger partial charge is 0.480 e. The fourth-order valence-electron chi connectivity index (χ4n) is 4.33. The van der Waals surface area contributed by atoms with Gasteiger partial charge in [0.15, 0.2) is 17.2 Å². The Kier molecular flexibility index (Phi) is 6.76. The van der Waals surface area contributed by atoms with Crippen LogP contribution in [0.15, 0.2) is 41.3 Å². The number of hydrogen-bond acceptors (Lipinski definition) is 4. The topological polar surface area (TPSA) is 43.4 Å². The lowest BCUT2D eigenvalue weighted by atomic mass is 9.82. The van der Waals surface area contributed by atoms with E-state index in [1.807, 2.05) is 44.4 Å². The Morgan fingerprint density at radius 3 is 2.17 bits per heavy atom. The maximum Gasteiger partial charge on any atom is 0.172 e. The summed E-state index contributed by atoms with van der Waals surface area (Å²) in [4.78, 5) is 26.3. The maximum absolute atomic E-state index is 13.3. The smallest absolute Gasteiger partial charge is 0.172 e. The molecule has 1 aliphatic rings. The predicted octanol–water partition coefficient (Wildman–Crippen LogP) is 6.54. The van der Waals surface area contributed by atoms with Crippen LogP contribution in [0.5, 0.6) is 5.75 Å². The van der Waals surface area contributed by atoms with E-state index in [0.29, 0.717) is 0 Å². The SMILES string of the molecule is CSc1ccc(C(=O)[C@H]2CCC[C@@H]2c2cc(C)c(OC(C)(C)C(C)=O)c(C)c2)cc1. The van der Waals surface area contributed by atoms with Gasteiger partial charge in [0.05, 0.1) is 0 Å². The van der Waals surface area contributed by atoms with Crippen LogP contribution in [0.2, 0.25) is 0 Å². The molecular weight excluding hydrogens is 392 g/mol. The zero-order valence-electron chi connectivity index (χ0n) is 18.9. The Morgan fingerprint density at radius 2 is 1.63 bits per heavy atom. The quantitative estimate of drug-likeness (QED) is 0.374. The lowest BCUT2D eigenvalue weighted by Gasteiger charge is -2.27. The van der Waals surface area contributed by atoms with Crippen LogP contribution in [0.4, 0.5) is 0 Å². The van der Waals surface area contributed by atoms with Gasteiger partial charge in [0.25, 0.3) is 0 Å². The first kappa shape index (κ1) is 22.6. The fourth-order valence-corrected chi connectivity index (χ4v) is 4.74. The van der Waals surface area contributed by atoms with Crippen molar-refractivity contribution in [3.63, 3.8) is 0 Å². The molecule has 0 N–H and O–H groups in total. The number of Topliss-reactive ketones (excluding diaryl/α,β-unsaturated/α-hetero) is 2. The summed E-state index contributed by atoms with van der Waals surface area (Å²) in [6, 6.07) is 12.3. The highest BCUT2D eigenvalue weighted by Gasteiger charge is 2.35. The summed E-state index contributed by atoms with van der Waals surface area (Å²) in [6.07, 6.45) is 5.07. The van der Waals surface area contributed by atoms with Crippen molar-refractivity contribution in [1.82, 2.24) is 0 Å². The summed E-state index contributed by atoms with van der Waals surface area (Å²) in [7, 11) is 0. The van der Waals surface area contributed by atoms with Crippen molar-refractivity contribution in [2.24, 2.45) is 5.92 Å². The molecule has 4 heteroatoms. The Hall–Kier alpha value is -2.07. The van der Waals surface area contributed by atoms with Crippen LogP contribution in [-0.2, 0) is 4.79 Å². The Balaban J connectivity index is 1.87. The fraction of sp³-hybridized carbons (Fsp3) is 0.462. The van der Waals surface area contributed by atoms with Crippen molar-refractivity contribution in [2.75, 3.05) is 6.26 Å². The first-order valence-corrected chi connectivity index (χ1v) is 11.9. The van der Waals surface area contributed by atoms with Crippen LogP contribution in [0.3, 0.4) is 0 Å². The van der Waals surface area contributed by atoms with Gasteiger partial charge in [-0.15, -0.1) is 11.8 Å². The van der Waals surface area contributed by atoms with Crippen molar-refractivity contribution in [3.05, 3.63) is 58.7 Å². The number of carbonyl (C=O) groups excluding carboxylic acids is 2. The van der Waals surface area contributed by atoms with Crippen LogP contribution in [0, 0.1) is 19.8 Å². The van der Waals surface area contributed by atoms with Crippen LogP contribution in [-0.4, -0.2) is 23.4 Å². The van der Waals surface area contributed by atoms with Crippen LogP contribution >= 0.6 is 11.8 Å². The van der Waals surface area contributed by atoms with Crippen LogP contribution in [0.25, 0.3) is 0 Å². The molecule has 1 saturated carbocycles. The van der Waals surface area contributed by atoms with E-state index >= 15 is 0 Å². The van der Waals surface area contributed by atoms with Gasteiger partial charge in [0, 0.05) is 16.4 Å². The van der Waals surface area contributed by atoms with Crippen molar-refractivity contribution < 1.29 is 14.3 Å². The molecule has 2 aromatic rings. The highest BCUT2D eigenvalue weighted by molar-refractivity contribution is 7.98. The number of carbonyl (C=O) groups is 2.